The maximum Gasteiger partial charge on any atom is 0.0404 e. The molecule has 0 atom stereocenters. The molecular weight excluding hydrogens is 350 g/mol. The van der Waals surface area contributed by atoms with Crippen molar-refractivity contribution in [3.8, 4) is 22.3 Å². The molecule has 0 aliphatic rings. The number of nitrogens with zero attached hydrogens (tertiary/aromatic N) is 1. The van der Waals surface area contributed by atoms with Gasteiger partial charge in [0.05, 0.1) is 0 Å². The SMILES string of the molecule is CCCCCCCc1ccc(-c2ccc(-c3ccc(CCCC)nc3)cc2)cc1. The van der Waals surface area contributed by atoms with E-state index in [9.17, 15) is 0 Å². The summed E-state index contributed by atoms with van der Waals surface area (Å²) in [5.74, 6) is 0. The molecule has 0 saturated carbocycles. The maximum atomic E-state index is 4.62. The molecule has 0 aliphatic heterocycles. The fourth-order valence-corrected chi connectivity index (χ4v) is 3.75. The number of pyridine rings is 1. The van der Waals surface area contributed by atoms with Crippen LogP contribution in [0, 0.1) is 0 Å². The zero-order chi connectivity index (χ0) is 20.3. The maximum absolute atomic E-state index is 4.62. The average molecular weight is 386 g/mol. The summed E-state index contributed by atoms with van der Waals surface area (Å²) in [6.07, 6.45) is 13.4. The quantitative estimate of drug-likeness (QED) is 0.303. The van der Waals surface area contributed by atoms with Gasteiger partial charge in [-0.25, -0.2) is 0 Å². The Bertz CT molecular complexity index is 829. The third-order valence-corrected chi connectivity index (χ3v) is 5.69. The molecule has 3 aromatic rings. The molecule has 0 unspecified atom stereocenters. The third kappa shape index (κ3) is 6.56. The second-order valence-corrected chi connectivity index (χ2v) is 8.08. The van der Waals surface area contributed by atoms with Crippen LogP contribution in [0.1, 0.15) is 70.1 Å². The number of hydrogen-bond acceptors (Lipinski definition) is 1. The molecule has 0 N–H and O–H groups in total. The van der Waals surface area contributed by atoms with E-state index in [-0.39, 0.29) is 0 Å². The van der Waals surface area contributed by atoms with Crippen LogP contribution in [0.2, 0.25) is 0 Å². The molecule has 0 saturated heterocycles. The molecule has 0 amide bonds. The average Bonchev–Trinajstić information content (AvgIpc) is 2.78. The summed E-state index contributed by atoms with van der Waals surface area (Å²) in [6, 6.07) is 22.3. The molecule has 0 fully saturated rings. The predicted molar refractivity (Wildman–Crippen MR) is 126 cm³/mol. The van der Waals surface area contributed by atoms with Gasteiger partial charge < -0.3 is 0 Å². The molecule has 0 bridgehead atoms. The Morgan fingerprint density at radius 3 is 1.66 bits per heavy atom. The van der Waals surface area contributed by atoms with Gasteiger partial charge in [0.25, 0.3) is 0 Å². The molecule has 0 aliphatic carbocycles. The van der Waals surface area contributed by atoms with Gasteiger partial charge in [0.1, 0.15) is 0 Å². The molecule has 1 aromatic heterocycles. The van der Waals surface area contributed by atoms with Gasteiger partial charge in [-0.05, 0) is 54.0 Å². The first-order valence-electron chi connectivity index (χ1n) is 11.4. The Morgan fingerprint density at radius 2 is 1.07 bits per heavy atom. The van der Waals surface area contributed by atoms with Gasteiger partial charge in [0, 0.05) is 17.5 Å². The Kier molecular flexibility index (Phi) is 8.49. The number of unbranched alkanes of at least 4 members (excludes halogenated alkanes) is 5. The van der Waals surface area contributed by atoms with Crippen LogP contribution in [0.15, 0.2) is 66.9 Å². The highest BCUT2D eigenvalue weighted by molar-refractivity contribution is 5.70. The standard InChI is InChI=1S/C28H35N/c1-3-5-7-8-9-10-23-12-14-24(15-13-23)25-16-18-26(19-17-25)27-20-21-28(29-22-27)11-6-4-2/h12-22H,3-11H2,1-2H3. The Morgan fingerprint density at radius 1 is 0.517 bits per heavy atom. The monoisotopic (exact) mass is 385 g/mol. The summed E-state index contributed by atoms with van der Waals surface area (Å²) in [4.78, 5) is 4.62. The summed E-state index contributed by atoms with van der Waals surface area (Å²) in [7, 11) is 0. The minimum absolute atomic E-state index is 1.07. The second-order valence-electron chi connectivity index (χ2n) is 8.08. The second kappa shape index (κ2) is 11.6. The predicted octanol–water partition coefficient (Wildman–Crippen LogP) is 8.27. The summed E-state index contributed by atoms with van der Waals surface area (Å²) >= 11 is 0. The van der Waals surface area contributed by atoms with E-state index in [4.69, 9.17) is 0 Å². The first kappa shape index (κ1) is 21.3. The lowest BCUT2D eigenvalue weighted by Gasteiger charge is -2.07. The van der Waals surface area contributed by atoms with Crippen molar-refractivity contribution in [2.24, 2.45) is 0 Å². The summed E-state index contributed by atoms with van der Waals surface area (Å²) in [6.45, 7) is 4.49. The number of benzene rings is 2. The highest BCUT2D eigenvalue weighted by Gasteiger charge is 2.03. The van der Waals surface area contributed by atoms with Gasteiger partial charge in [0.15, 0.2) is 0 Å². The molecule has 3 rings (SSSR count). The van der Waals surface area contributed by atoms with Crippen LogP contribution in [-0.2, 0) is 12.8 Å². The summed E-state index contributed by atoms with van der Waals surface area (Å²) < 4.78 is 0. The van der Waals surface area contributed by atoms with Crippen LogP contribution in [0.5, 0.6) is 0 Å². The van der Waals surface area contributed by atoms with Gasteiger partial charge in [-0.3, -0.25) is 4.98 Å². The fourth-order valence-electron chi connectivity index (χ4n) is 3.75. The fraction of sp³-hybridized carbons (Fsp3) is 0.393. The first-order chi connectivity index (χ1) is 14.3. The highest BCUT2D eigenvalue weighted by Crippen LogP contribution is 2.25. The lowest BCUT2D eigenvalue weighted by atomic mass is 9.99. The van der Waals surface area contributed by atoms with Crippen LogP contribution in [0.25, 0.3) is 22.3 Å². The van der Waals surface area contributed by atoms with E-state index in [1.54, 1.807) is 0 Å². The zero-order valence-corrected chi connectivity index (χ0v) is 18.2. The van der Waals surface area contributed by atoms with Crippen molar-refractivity contribution in [2.75, 3.05) is 0 Å². The minimum atomic E-state index is 1.07. The van der Waals surface area contributed by atoms with Crippen LogP contribution in [0.4, 0.5) is 0 Å². The van der Waals surface area contributed by atoms with Crippen LogP contribution in [0.3, 0.4) is 0 Å². The molecule has 1 nitrogen and oxygen atoms in total. The number of aromatic nitrogens is 1. The topological polar surface area (TPSA) is 12.9 Å². The van der Waals surface area contributed by atoms with Crippen molar-refractivity contribution in [1.29, 1.82) is 0 Å². The third-order valence-electron chi connectivity index (χ3n) is 5.69. The van der Waals surface area contributed by atoms with Crippen LogP contribution >= 0.6 is 0 Å². The van der Waals surface area contributed by atoms with Crippen LogP contribution < -0.4 is 0 Å². The van der Waals surface area contributed by atoms with Gasteiger partial charge >= 0.3 is 0 Å². The minimum Gasteiger partial charge on any atom is -0.261 e. The van der Waals surface area contributed by atoms with E-state index in [2.05, 4.69) is 79.5 Å². The van der Waals surface area contributed by atoms with E-state index < -0.39 is 0 Å². The van der Waals surface area contributed by atoms with Crippen molar-refractivity contribution >= 4 is 0 Å². The summed E-state index contributed by atoms with van der Waals surface area (Å²) in [5.41, 5.74) is 7.63. The molecule has 1 heterocycles. The van der Waals surface area contributed by atoms with Gasteiger partial charge in [0.2, 0.25) is 0 Å². The molecule has 0 spiro atoms. The summed E-state index contributed by atoms with van der Waals surface area (Å²) in [5, 5.41) is 0. The molecular formula is C28H35N. The van der Waals surface area contributed by atoms with Crippen molar-refractivity contribution in [3.05, 3.63) is 78.1 Å². The van der Waals surface area contributed by atoms with E-state index in [0.29, 0.717) is 0 Å². The normalized spacial score (nSPS) is 11.0. The molecule has 152 valence electrons. The largest absolute Gasteiger partial charge is 0.261 e. The van der Waals surface area contributed by atoms with Gasteiger partial charge in [-0.2, -0.15) is 0 Å². The number of aryl methyl sites for hydroxylation is 2. The van der Waals surface area contributed by atoms with E-state index in [1.165, 1.54) is 84.9 Å². The molecule has 1 heteroatoms. The van der Waals surface area contributed by atoms with E-state index in [1.807, 2.05) is 6.20 Å². The van der Waals surface area contributed by atoms with E-state index >= 15 is 0 Å². The molecule has 0 radical (unpaired) electrons. The Labute approximate surface area is 177 Å². The van der Waals surface area contributed by atoms with Crippen molar-refractivity contribution in [1.82, 2.24) is 4.98 Å². The van der Waals surface area contributed by atoms with E-state index in [0.717, 1.165) is 6.42 Å². The van der Waals surface area contributed by atoms with Crippen LogP contribution in [-0.4, -0.2) is 4.98 Å². The van der Waals surface area contributed by atoms with Crippen molar-refractivity contribution in [2.45, 2.75) is 71.6 Å². The number of rotatable bonds is 11. The molecule has 2 aromatic carbocycles. The lowest BCUT2D eigenvalue weighted by molar-refractivity contribution is 0.632. The highest BCUT2D eigenvalue weighted by atomic mass is 14.7. The van der Waals surface area contributed by atoms with Gasteiger partial charge in [-0.1, -0.05) is 101 Å². The Balaban J connectivity index is 1.58. The van der Waals surface area contributed by atoms with Crippen molar-refractivity contribution in [3.63, 3.8) is 0 Å². The molecule has 29 heavy (non-hydrogen) atoms. The van der Waals surface area contributed by atoms with Gasteiger partial charge in [-0.15, -0.1) is 0 Å². The Hall–Kier alpha value is -2.41. The lowest BCUT2D eigenvalue weighted by Crippen LogP contribution is -1.90. The first-order valence-corrected chi connectivity index (χ1v) is 11.4. The van der Waals surface area contributed by atoms with Crippen molar-refractivity contribution < 1.29 is 0 Å². The zero-order valence-electron chi connectivity index (χ0n) is 18.2. The smallest absolute Gasteiger partial charge is 0.0404 e. The number of hydrogen-bond donors (Lipinski definition) is 0.